The zero-order valence-electron chi connectivity index (χ0n) is 12.4. The molecule has 1 saturated heterocycles. The topological polar surface area (TPSA) is 31.4 Å². The normalized spacial score (nSPS) is 17.8. The maximum Gasteiger partial charge on any atom is 0.128 e. The van der Waals surface area contributed by atoms with Gasteiger partial charge in [-0.25, -0.2) is 4.98 Å². The number of aromatic nitrogens is 1. The Morgan fingerprint density at radius 1 is 1.26 bits per heavy atom. The highest BCUT2D eigenvalue weighted by Gasteiger charge is 2.13. The quantitative estimate of drug-likeness (QED) is 0.895. The van der Waals surface area contributed by atoms with E-state index in [0.29, 0.717) is 6.04 Å². The first-order valence-electron chi connectivity index (χ1n) is 7.27. The van der Waals surface area contributed by atoms with Gasteiger partial charge in [-0.1, -0.05) is 13.8 Å². The van der Waals surface area contributed by atoms with Gasteiger partial charge in [-0.15, -0.1) is 0 Å². The van der Waals surface area contributed by atoms with Crippen LogP contribution >= 0.6 is 0 Å². The van der Waals surface area contributed by atoms with Crippen LogP contribution < -0.4 is 10.2 Å². The highest BCUT2D eigenvalue weighted by molar-refractivity contribution is 5.41. The average molecular weight is 262 g/mol. The van der Waals surface area contributed by atoms with Crippen molar-refractivity contribution >= 4 is 5.82 Å². The van der Waals surface area contributed by atoms with Gasteiger partial charge < -0.3 is 15.1 Å². The molecule has 0 atom stereocenters. The van der Waals surface area contributed by atoms with E-state index in [1.165, 1.54) is 18.5 Å². The molecule has 4 heteroatoms. The summed E-state index contributed by atoms with van der Waals surface area (Å²) in [6.07, 6.45) is 3.15. The minimum absolute atomic E-state index is 0.517. The third kappa shape index (κ3) is 4.48. The van der Waals surface area contributed by atoms with E-state index in [2.05, 4.69) is 53.1 Å². The number of nitrogens with zero attached hydrogens (tertiary/aromatic N) is 3. The molecule has 1 aromatic rings. The molecule has 2 heterocycles. The summed E-state index contributed by atoms with van der Waals surface area (Å²) < 4.78 is 0. The largest absolute Gasteiger partial charge is 0.355 e. The van der Waals surface area contributed by atoms with Crippen LogP contribution in [0.3, 0.4) is 0 Å². The van der Waals surface area contributed by atoms with Crippen molar-refractivity contribution < 1.29 is 0 Å². The van der Waals surface area contributed by atoms with E-state index >= 15 is 0 Å². The van der Waals surface area contributed by atoms with Crippen molar-refractivity contribution in [3.05, 3.63) is 23.9 Å². The lowest BCUT2D eigenvalue weighted by molar-refractivity contribution is 0.360. The number of hydrogen-bond donors (Lipinski definition) is 1. The number of anilines is 1. The Balaban J connectivity index is 2.01. The van der Waals surface area contributed by atoms with Crippen molar-refractivity contribution in [3.63, 3.8) is 0 Å². The highest BCUT2D eigenvalue weighted by atomic mass is 15.2. The summed E-state index contributed by atoms with van der Waals surface area (Å²) in [4.78, 5) is 9.33. The van der Waals surface area contributed by atoms with E-state index < -0.39 is 0 Å². The van der Waals surface area contributed by atoms with Crippen molar-refractivity contribution in [2.24, 2.45) is 0 Å². The molecule has 0 spiro atoms. The molecule has 2 rings (SSSR count). The van der Waals surface area contributed by atoms with Crippen LogP contribution in [0.25, 0.3) is 0 Å². The first-order chi connectivity index (χ1) is 9.15. The standard InChI is InChI=1S/C15H26N4/c1-13(2)17-12-14-5-6-16-15(11-14)19-8-4-7-18(3)9-10-19/h5-6,11,13,17H,4,7-10,12H2,1-3H3. The maximum atomic E-state index is 4.54. The predicted molar refractivity (Wildman–Crippen MR) is 80.5 cm³/mol. The van der Waals surface area contributed by atoms with Gasteiger partial charge in [0.05, 0.1) is 0 Å². The third-order valence-electron chi connectivity index (χ3n) is 3.57. The summed E-state index contributed by atoms with van der Waals surface area (Å²) in [5.41, 5.74) is 1.32. The van der Waals surface area contributed by atoms with Crippen molar-refractivity contribution in [2.75, 3.05) is 38.1 Å². The Bertz CT molecular complexity index is 391. The molecule has 19 heavy (non-hydrogen) atoms. The molecule has 1 aliphatic rings. The van der Waals surface area contributed by atoms with Crippen LogP contribution in [0, 0.1) is 0 Å². The lowest BCUT2D eigenvalue weighted by atomic mass is 10.2. The molecule has 0 saturated carbocycles. The molecule has 0 radical (unpaired) electrons. The molecule has 0 amide bonds. The Morgan fingerprint density at radius 3 is 2.89 bits per heavy atom. The number of likely N-dealkylation sites (N-methyl/N-ethyl adjacent to an activating group) is 1. The van der Waals surface area contributed by atoms with Gasteiger partial charge in [0.25, 0.3) is 0 Å². The molecule has 0 unspecified atom stereocenters. The van der Waals surface area contributed by atoms with Crippen LogP contribution in [0.1, 0.15) is 25.8 Å². The van der Waals surface area contributed by atoms with E-state index in [1.807, 2.05) is 6.20 Å². The van der Waals surface area contributed by atoms with Gasteiger partial charge in [0.15, 0.2) is 0 Å². The summed E-state index contributed by atoms with van der Waals surface area (Å²) in [6.45, 7) is 9.75. The SMILES string of the molecule is CC(C)NCc1ccnc(N2CCCN(C)CC2)c1. The van der Waals surface area contributed by atoms with E-state index in [9.17, 15) is 0 Å². The zero-order chi connectivity index (χ0) is 13.7. The number of rotatable bonds is 4. The first kappa shape index (κ1) is 14.3. The van der Waals surface area contributed by atoms with Gasteiger partial charge in [-0.3, -0.25) is 0 Å². The summed E-state index contributed by atoms with van der Waals surface area (Å²) in [5, 5.41) is 3.46. The smallest absolute Gasteiger partial charge is 0.128 e. The minimum Gasteiger partial charge on any atom is -0.355 e. The highest BCUT2D eigenvalue weighted by Crippen LogP contribution is 2.15. The van der Waals surface area contributed by atoms with Crippen LogP contribution in [0.2, 0.25) is 0 Å². The predicted octanol–water partition coefficient (Wildman–Crippen LogP) is 1.72. The van der Waals surface area contributed by atoms with Gasteiger partial charge in [0.2, 0.25) is 0 Å². The van der Waals surface area contributed by atoms with Crippen LogP contribution in [-0.2, 0) is 6.54 Å². The molecule has 1 aromatic heterocycles. The summed E-state index contributed by atoms with van der Waals surface area (Å²) in [7, 11) is 2.19. The van der Waals surface area contributed by atoms with Crippen LogP contribution in [0.5, 0.6) is 0 Å². The van der Waals surface area contributed by atoms with Gasteiger partial charge in [0, 0.05) is 38.4 Å². The Kier molecular flexibility index (Phi) is 5.16. The number of nitrogens with one attached hydrogen (secondary N) is 1. The molecule has 1 N–H and O–H groups in total. The second-order valence-electron chi connectivity index (χ2n) is 5.70. The van der Waals surface area contributed by atoms with Crippen LogP contribution in [-0.4, -0.2) is 49.2 Å². The lowest BCUT2D eigenvalue weighted by Gasteiger charge is -2.22. The summed E-state index contributed by atoms with van der Waals surface area (Å²) in [6, 6.07) is 4.84. The van der Waals surface area contributed by atoms with E-state index in [4.69, 9.17) is 0 Å². The van der Waals surface area contributed by atoms with Crippen LogP contribution in [0.4, 0.5) is 5.82 Å². The molecule has 1 aliphatic heterocycles. The second kappa shape index (κ2) is 6.87. The minimum atomic E-state index is 0.517. The average Bonchev–Trinajstić information content (AvgIpc) is 2.62. The first-order valence-corrected chi connectivity index (χ1v) is 7.27. The zero-order valence-corrected chi connectivity index (χ0v) is 12.4. The summed E-state index contributed by atoms with van der Waals surface area (Å²) >= 11 is 0. The van der Waals surface area contributed by atoms with Gasteiger partial charge >= 0.3 is 0 Å². The Morgan fingerprint density at radius 2 is 2.11 bits per heavy atom. The fourth-order valence-corrected chi connectivity index (χ4v) is 2.34. The van der Waals surface area contributed by atoms with Crippen molar-refractivity contribution in [1.29, 1.82) is 0 Å². The molecule has 0 bridgehead atoms. The lowest BCUT2D eigenvalue weighted by Crippen LogP contribution is -2.29. The van der Waals surface area contributed by atoms with Crippen molar-refractivity contribution in [1.82, 2.24) is 15.2 Å². The van der Waals surface area contributed by atoms with E-state index in [-0.39, 0.29) is 0 Å². The molecule has 0 aromatic carbocycles. The van der Waals surface area contributed by atoms with Crippen LogP contribution in [0.15, 0.2) is 18.3 Å². The fraction of sp³-hybridized carbons (Fsp3) is 0.667. The fourth-order valence-electron chi connectivity index (χ4n) is 2.34. The van der Waals surface area contributed by atoms with Crippen molar-refractivity contribution in [2.45, 2.75) is 32.9 Å². The molecule has 1 fully saturated rings. The number of pyridine rings is 1. The number of hydrogen-bond acceptors (Lipinski definition) is 4. The van der Waals surface area contributed by atoms with E-state index in [0.717, 1.165) is 32.0 Å². The molecule has 0 aliphatic carbocycles. The van der Waals surface area contributed by atoms with E-state index in [1.54, 1.807) is 0 Å². The monoisotopic (exact) mass is 262 g/mol. The van der Waals surface area contributed by atoms with Gasteiger partial charge in [-0.05, 0) is 37.7 Å². The Labute approximate surface area is 116 Å². The second-order valence-corrected chi connectivity index (χ2v) is 5.70. The molecular weight excluding hydrogens is 236 g/mol. The summed E-state index contributed by atoms with van der Waals surface area (Å²) in [5.74, 6) is 1.12. The maximum absolute atomic E-state index is 4.54. The molecule has 106 valence electrons. The van der Waals surface area contributed by atoms with Crippen molar-refractivity contribution in [3.8, 4) is 0 Å². The van der Waals surface area contributed by atoms with Gasteiger partial charge in [0.1, 0.15) is 5.82 Å². The molecular formula is C15H26N4. The Hall–Kier alpha value is -1.13. The third-order valence-corrected chi connectivity index (χ3v) is 3.57. The molecule has 4 nitrogen and oxygen atoms in total. The van der Waals surface area contributed by atoms with Gasteiger partial charge in [-0.2, -0.15) is 0 Å².